The van der Waals surface area contributed by atoms with E-state index in [1.54, 1.807) is 10.8 Å². The van der Waals surface area contributed by atoms with Crippen LogP contribution in [0.1, 0.15) is 43.5 Å². The molecule has 0 bridgehead atoms. The normalized spacial score (nSPS) is 17.2. The van der Waals surface area contributed by atoms with Crippen molar-refractivity contribution >= 4 is 27.2 Å². The number of hydrogen-bond donors (Lipinski definition) is 0. The fourth-order valence-corrected chi connectivity index (χ4v) is 5.35. The Bertz CT molecular complexity index is 1140. The molecule has 3 heterocycles. The van der Waals surface area contributed by atoms with Gasteiger partial charge in [-0.25, -0.2) is 14.5 Å². The zero-order valence-corrected chi connectivity index (χ0v) is 17.3. The minimum atomic E-state index is 0.341. The fraction of sp³-hybridized carbons (Fsp3) is 0.409. The first kappa shape index (κ1) is 17.6. The molecular formula is C22H24N4OS. The third-order valence-electron chi connectivity index (χ3n) is 5.77. The van der Waals surface area contributed by atoms with Crippen molar-refractivity contribution in [3.63, 3.8) is 0 Å². The lowest BCUT2D eigenvalue weighted by molar-refractivity contribution is 0.218. The van der Waals surface area contributed by atoms with E-state index in [2.05, 4.69) is 30.9 Å². The molecule has 1 atom stereocenters. The number of aryl methyl sites for hydroxylation is 1. The van der Waals surface area contributed by atoms with Crippen molar-refractivity contribution in [2.45, 2.75) is 46.6 Å². The summed E-state index contributed by atoms with van der Waals surface area (Å²) in [5, 5.41) is 5.77. The van der Waals surface area contributed by atoms with E-state index >= 15 is 0 Å². The van der Waals surface area contributed by atoms with Gasteiger partial charge in [-0.1, -0.05) is 39.0 Å². The summed E-state index contributed by atoms with van der Waals surface area (Å²) in [7, 11) is 0. The molecule has 0 saturated carbocycles. The molecule has 1 aliphatic rings. The van der Waals surface area contributed by atoms with Gasteiger partial charge in [0, 0.05) is 4.88 Å². The van der Waals surface area contributed by atoms with Crippen LogP contribution in [0.3, 0.4) is 0 Å². The lowest BCUT2D eigenvalue weighted by Gasteiger charge is -2.33. The van der Waals surface area contributed by atoms with Crippen LogP contribution in [-0.4, -0.2) is 19.6 Å². The number of rotatable bonds is 3. The Hall–Kier alpha value is -2.47. The minimum absolute atomic E-state index is 0.341. The van der Waals surface area contributed by atoms with Gasteiger partial charge in [0.1, 0.15) is 23.5 Å². The van der Waals surface area contributed by atoms with E-state index in [4.69, 9.17) is 9.72 Å². The number of fused-ring (bicyclic) bond motifs is 5. The quantitative estimate of drug-likeness (QED) is 0.488. The van der Waals surface area contributed by atoms with E-state index in [1.807, 2.05) is 41.7 Å². The second-order valence-corrected chi connectivity index (χ2v) is 9.72. The molecule has 0 amide bonds. The number of ether oxygens (including phenoxy) is 1. The van der Waals surface area contributed by atoms with Crippen LogP contribution in [-0.2, 0) is 19.4 Å². The molecule has 28 heavy (non-hydrogen) atoms. The number of thiophene rings is 1. The predicted molar refractivity (Wildman–Crippen MR) is 112 cm³/mol. The lowest BCUT2D eigenvalue weighted by Crippen LogP contribution is -2.26. The zero-order valence-electron chi connectivity index (χ0n) is 16.5. The molecule has 5 nitrogen and oxygen atoms in total. The van der Waals surface area contributed by atoms with Gasteiger partial charge in [-0.15, -0.1) is 16.4 Å². The van der Waals surface area contributed by atoms with Crippen LogP contribution < -0.4 is 4.74 Å². The van der Waals surface area contributed by atoms with Gasteiger partial charge in [0.15, 0.2) is 11.5 Å². The fourth-order valence-electron chi connectivity index (χ4n) is 4.08. The number of para-hydroxylation sites is 1. The summed E-state index contributed by atoms with van der Waals surface area (Å²) in [5.41, 5.74) is 2.68. The average Bonchev–Trinajstić information content (AvgIpc) is 3.26. The van der Waals surface area contributed by atoms with E-state index in [9.17, 15) is 0 Å². The van der Waals surface area contributed by atoms with Gasteiger partial charge in [0.05, 0.1) is 5.39 Å². The molecule has 1 aromatic carbocycles. The molecule has 0 saturated heterocycles. The Kier molecular flexibility index (Phi) is 4.12. The molecule has 1 unspecified atom stereocenters. The molecule has 0 aliphatic heterocycles. The first-order chi connectivity index (χ1) is 13.5. The van der Waals surface area contributed by atoms with Crippen LogP contribution in [0.4, 0.5) is 0 Å². The summed E-state index contributed by atoms with van der Waals surface area (Å²) in [4.78, 5) is 12.0. The third kappa shape index (κ3) is 3.05. The maximum Gasteiger partial charge on any atom is 0.189 e. The average molecular weight is 393 g/mol. The maximum atomic E-state index is 5.82. The lowest BCUT2D eigenvalue weighted by atomic mass is 9.72. The molecule has 0 spiro atoms. The summed E-state index contributed by atoms with van der Waals surface area (Å²) in [6, 6.07) is 9.78. The van der Waals surface area contributed by atoms with Crippen molar-refractivity contribution in [1.29, 1.82) is 0 Å². The van der Waals surface area contributed by atoms with Crippen LogP contribution in [0, 0.1) is 11.3 Å². The SMILES string of the molecule is CC(C)(C)C1CCc2c(sc3ncn4nc(COc5ccccc5)nc4c23)C1. The monoisotopic (exact) mass is 392 g/mol. The van der Waals surface area contributed by atoms with E-state index < -0.39 is 0 Å². The molecule has 4 aromatic rings. The van der Waals surface area contributed by atoms with Crippen LogP contribution >= 0.6 is 11.3 Å². The van der Waals surface area contributed by atoms with Crippen LogP contribution in [0.5, 0.6) is 5.75 Å². The van der Waals surface area contributed by atoms with Crippen molar-refractivity contribution in [2.75, 3.05) is 0 Å². The number of nitrogens with zero attached hydrogens (tertiary/aromatic N) is 4. The van der Waals surface area contributed by atoms with E-state index in [-0.39, 0.29) is 0 Å². The van der Waals surface area contributed by atoms with E-state index in [1.165, 1.54) is 22.2 Å². The van der Waals surface area contributed by atoms with Gasteiger partial charge in [-0.2, -0.15) is 0 Å². The largest absolute Gasteiger partial charge is 0.486 e. The van der Waals surface area contributed by atoms with Gasteiger partial charge < -0.3 is 4.74 Å². The Morgan fingerprint density at radius 3 is 2.82 bits per heavy atom. The Morgan fingerprint density at radius 1 is 1.21 bits per heavy atom. The van der Waals surface area contributed by atoms with Crippen molar-refractivity contribution in [1.82, 2.24) is 19.6 Å². The second-order valence-electron chi connectivity index (χ2n) is 8.63. The molecule has 3 aromatic heterocycles. The summed E-state index contributed by atoms with van der Waals surface area (Å²) < 4.78 is 7.62. The molecule has 0 N–H and O–H groups in total. The number of benzene rings is 1. The standard InChI is InChI=1S/C22H24N4OS/c1-22(2,3)14-9-10-16-17(11-14)28-21-19(16)20-24-18(25-26(20)13-23-21)12-27-15-7-5-4-6-8-15/h4-8,13-14H,9-12H2,1-3H3. The van der Waals surface area contributed by atoms with Gasteiger partial charge in [-0.05, 0) is 48.3 Å². The molecule has 0 radical (unpaired) electrons. The smallest absolute Gasteiger partial charge is 0.189 e. The van der Waals surface area contributed by atoms with Gasteiger partial charge in [-0.3, -0.25) is 0 Å². The van der Waals surface area contributed by atoms with Gasteiger partial charge >= 0.3 is 0 Å². The molecule has 0 fully saturated rings. The topological polar surface area (TPSA) is 52.3 Å². The van der Waals surface area contributed by atoms with Gasteiger partial charge in [0.2, 0.25) is 0 Å². The summed E-state index contributed by atoms with van der Waals surface area (Å²) >= 11 is 1.83. The summed E-state index contributed by atoms with van der Waals surface area (Å²) in [6.07, 6.45) is 5.24. The highest BCUT2D eigenvalue weighted by atomic mass is 32.1. The van der Waals surface area contributed by atoms with Crippen molar-refractivity contribution < 1.29 is 4.74 Å². The minimum Gasteiger partial charge on any atom is -0.486 e. The first-order valence-electron chi connectivity index (χ1n) is 9.81. The second kappa shape index (κ2) is 6.55. The first-order valence-corrected chi connectivity index (χ1v) is 10.6. The van der Waals surface area contributed by atoms with Gasteiger partial charge in [0.25, 0.3) is 0 Å². The number of hydrogen-bond acceptors (Lipinski definition) is 5. The molecule has 6 heteroatoms. The Labute approximate surface area is 168 Å². The highest BCUT2D eigenvalue weighted by molar-refractivity contribution is 7.19. The van der Waals surface area contributed by atoms with Crippen molar-refractivity contribution in [3.8, 4) is 5.75 Å². The predicted octanol–water partition coefficient (Wildman–Crippen LogP) is 5.07. The van der Waals surface area contributed by atoms with Crippen molar-refractivity contribution in [3.05, 3.63) is 52.9 Å². The van der Waals surface area contributed by atoms with Crippen molar-refractivity contribution in [2.24, 2.45) is 11.3 Å². The van der Waals surface area contributed by atoms with Crippen LogP contribution in [0.25, 0.3) is 15.9 Å². The molecular weight excluding hydrogens is 368 g/mol. The Balaban J connectivity index is 1.50. The highest BCUT2D eigenvalue weighted by Gasteiger charge is 2.31. The summed E-state index contributed by atoms with van der Waals surface area (Å²) in [6.45, 7) is 7.41. The van der Waals surface area contributed by atoms with Crippen LogP contribution in [0.2, 0.25) is 0 Å². The molecule has 1 aliphatic carbocycles. The summed E-state index contributed by atoms with van der Waals surface area (Å²) in [5.74, 6) is 2.23. The molecule has 5 rings (SSSR count). The number of aromatic nitrogens is 4. The van der Waals surface area contributed by atoms with Crippen LogP contribution in [0.15, 0.2) is 36.7 Å². The third-order valence-corrected chi connectivity index (χ3v) is 6.93. The Morgan fingerprint density at radius 2 is 2.04 bits per heavy atom. The molecule has 144 valence electrons. The maximum absolute atomic E-state index is 5.82. The van der Waals surface area contributed by atoms with E-state index in [0.29, 0.717) is 17.8 Å². The zero-order chi connectivity index (χ0) is 19.3. The highest BCUT2D eigenvalue weighted by Crippen LogP contribution is 2.43. The van der Waals surface area contributed by atoms with E-state index in [0.717, 1.165) is 35.0 Å².